The molecule has 1 spiro atoms. The summed E-state index contributed by atoms with van der Waals surface area (Å²) in [4.78, 5) is 26.0. The van der Waals surface area contributed by atoms with Gasteiger partial charge in [-0.05, 0) is 61.8 Å². The van der Waals surface area contributed by atoms with Gasteiger partial charge in [-0.3, -0.25) is 9.59 Å². The van der Waals surface area contributed by atoms with Crippen molar-refractivity contribution in [1.82, 2.24) is 4.90 Å². The summed E-state index contributed by atoms with van der Waals surface area (Å²) in [5.41, 5.74) is 2.42. The Morgan fingerprint density at radius 1 is 1.28 bits per heavy atom. The Kier molecular flexibility index (Phi) is 4.06. The molecule has 0 unspecified atom stereocenters. The molecule has 1 amide bonds. The second-order valence-corrected chi connectivity index (χ2v) is 8.71. The normalized spacial score (nSPS) is 33.6. The van der Waals surface area contributed by atoms with Gasteiger partial charge in [-0.25, -0.2) is 0 Å². The quantitative estimate of drug-likeness (QED) is 0.771. The van der Waals surface area contributed by atoms with Crippen LogP contribution < -0.4 is 0 Å². The summed E-state index contributed by atoms with van der Waals surface area (Å²) >= 11 is 6.16. The van der Waals surface area contributed by atoms with Gasteiger partial charge in [-0.1, -0.05) is 17.7 Å². The molecule has 1 saturated heterocycles. The third-order valence-corrected chi connectivity index (χ3v) is 6.53. The molecule has 0 atom stereocenters. The summed E-state index contributed by atoms with van der Waals surface area (Å²) in [6, 6.07) is 6.53. The fourth-order valence-electron chi connectivity index (χ4n) is 4.71. The molecular weight excluding hydrogens is 338 g/mol. The zero-order chi connectivity index (χ0) is 17.8. The van der Waals surface area contributed by atoms with Gasteiger partial charge in [-0.15, -0.1) is 0 Å². The molecular formula is C20H24ClNO3. The van der Waals surface area contributed by atoms with Crippen molar-refractivity contribution in [2.24, 2.45) is 11.3 Å². The molecule has 0 bridgehead atoms. The van der Waals surface area contributed by atoms with Crippen LogP contribution in [0.5, 0.6) is 0 Å². The number of amides is 1. The number of carbonyl (C=O) groups is 2. The number of ether oxygens (including phenoxy) is 1. The molecule has 2 aliphatic carbocycles. The fourth-order valence-corrected chi connectivity index (χ4v) is 5.01. The van der Waals surface area contributed by atoms with Gasteiger partial charge in [0.25, 0.3) is 0 Å². The number of rotatable bonds is 3. The van der Waals surface area contributed by atoms with E-state index in [4.69, 9.17) is 16.3 Å². The second kappa shape index (κ2) is 6.01. The Morgan fingerprint density at radius 3 is 2.60 bits per heavy atom. The lowest BCUT2D eigenvalue weighted by molar-refractivity contribution is -0.146. The van der Waals surface area contributed by atoms with E-state index in [0.29, 0.717) is 25.0 Å². The van der Waals surface area contributed by atoms with Gasteiger partial charge in [0.15, 0.2) is 0 Å². The molecule has 134 valence electrons. The number of hydrogen-bond donors (Lipinski definition) is 0. The molecule has 4 rings (SSSR count). The van der Waals surface area contributed by atoms with Crippen LogP contribution in [0.3, 0.4) is 0 Å². The molecule has 1 heterocycles. The third kappa shape index (κ3) is 3.05. The van der Waals surface area contributed by atoms with Gasteiger partial charge in [0.2, 0.25) is 5.91 Å². The molecule has 0 aromatic heterocycles. The highest BCUT2D eigenvalue weighted by Crippen LogP contribution is 2.52. The minimum absolute atomic E-state index is 0.0429. The average molecular weight is 362 g/mol. The van der Waals surface area contributed by atoms with Crippen LogP contribution in [0.4, 0.5) is 0 Å². The first-order valence-electron chi connectivity index (χ1n) is 9.05. The van der Waals surface area contributed by atoms with Gasteiger partial charge >= 0.3 is 5.97 Å². The van der Waals surface area contributed by atoms with Gasteiger partial charge in [0.05, 0.1) is 13.0 Å². The van der Waals surface area contributed by atoms with Crippen molar-refractivity contribution in [3.63, 3.8) is 0 Å². The van der Waals surface area contributed by atoms with E-state index in [0.717, 1.165) is 30.7 Å². The summed E-state index contributed by atoms with van der Waals surface area (Å²) in [7, 11) is 1.92. The van der Waals surface area contributed by atoms with Crippen LogP contribution in [-0.2, 0) is 14.3 Å². The summed E-state index contributed by atoms with van der Waals surface area (Å²) in [5, 5.41) is 0.788. The number of halogens is 1. The lowest BCUT2D eigenvalue weighted by atomic mass is 9.61. The second-order valence-electron chi connectivity index (χ2n) is 8.28. The molecule has 3 fully saturated rings. The van der Waals surface area contributed by atoms with Gasteiger partial charge < -0.3 is 9.64 Å². The highest BCUT2D eigenvalue weighted by Gasteiger charge is 2.53. The molecule has 4 nitrogen and oxygen atoms in total. The summed E-state index contributed by atoms with van der Waals surface area (Å²) in [6.45, 7) is 2.56. The lowest BCUT2D eigenvalue weighted by Gasteiger charge is -2.47. The molecule has 0 N–H and O–H groups in total. The first-order chi connectivity index (χ1) is 11.8. The predicted molar refractivity (Wildman–Crippen MR) is 95.5 cm³/mol. The molecule has 0 radical (unpaired) electrons. The Balaban J connectivity index is 1.30. The third-order valence-electron chi connectivity index (χ3n) is 6.31. The first-order valence-corrected chi connectivity index (χ1v) is 9.42. The molecule has 1 aliphatic heterocycles. The minimum atomic E-state index is -0.113. The number of cyclic esters (lactones) is 1. The Labute approximate surface area is 153 Å². The van der Waals surface area contributed by atoms with Crippen LogP contribution in [-0.4, -0.2) is 36.5 Å². The molecule has 2 saturated carbocycles. The summed E-state index contributed by atoms with van der Waals surface area (Å²) in [5.74, 6) is 0.673. The van der Waals surface area contributed by atoms with E-state index in [-0.39, 0.29) is 23.2 Å². The van der Waals surface area contributed by atoms with E-state index in [2.05, 4.69) is 13.0 Å². The highest BCUT2D eigenvalue weighted by molar-refractivity contribution is 6.30. The molecule has 5 heteroatoms. The number of benzene rings is 1. The van der Waals surface area contributed by atoms with Crippen molar-refractivity contribution >= 4 is 23.5 Å². The molecule has 3 aliphatic rings. The maximum Gasteiger partial charge on any atom is 0.306 e. The van der Waals surface area contributed by atoms with Crippen molar-refractivity contribution < 1.29 is 14.3 Å². The smallest absolute Gasteiger partial charge is 0.306 e. The van der Waals surface area contributed by atoms with E-state index >= 15 is 0 Å². The van der Waals surface area contributed by atoms with Crippen molar-refractivity contribution in [3.05, 3.63) is 34.3 Å². The van der Waals surface area contributed by atoms with E-state index in [9.17, 15) is 9.59 Å². The van der Waals surface area contributed by atoms with Crippen LogP contribution >= 0.6 is 11.6 Å². The topological polar surface area (TPSA) is 46.6 Å². The van der Waals surface area contributed by atoms with Crippen LogP contribution in [0.2, 0.25) is 5.02 Å². The monoisotopic (exact) mass is 361 g/mol. The van der Waals surface area contributed by atoms with Gasteiger partial charge in [-0.2, -0.15) is 0 Å². The first kappa shape index (κ1) is 16.9. The standard InChI is InChI=1S/C20H24ClNO3/c1-12-3-13(5-16(21)4-12)14-6-17(7-14)22(2)19(24)15-8-20(9-15)10-18(23)25-11-20/h3-5,14-15,17H,6-11H2,1-2H3. The van der Waals surface area contributed by atoms with Crippen molar-refractivity contribution in [3.8, 4) is 0 Å². The number of carbonyl (C=O) groups excluding carboxylic acids is 2. The zero-order valence-corrected chi connectivity index (χ0v) is 15.5. The highest BCUT2D eigenvalue weighted by atomic mass is 35.5. The Morgan fingerprint density at radius 2 is 2.00 bits per heavy atom. The number of aryl methyl sites for hydroxylation is 1. The molecule has 1 aromatic rings. The van der Waals surface area contributed by atoms with E-state index in [1.165, 1.54) is 11.1 Å². The summed E-state index contributed by atoms with van der Waals surface area (Å²) < 4.78 is 5.09. The average Bonchev–Trinajstić information content (AvgIpc) is 2.84. The van der Waals surface area contributed by atoms with E-state index in [1.54, 1.807) is 0 Å². The van der Waals surface area contributed by atoms with E-state index < -0.39 is 0 Å². The van der Waals surface area contributed by atoms with Crippen LogP contribution in [0.1, 0.15) is 49.1 Å². The van der Waals surface area contributed by atoms with Crippen LogP contribution in [0.15, 0.2) is 18.2 Å². The van der Waals surface area contributed by atoms with Crippen molar-refractivity contribution in [2.45, 2.75) is 51.0 Å². The van der Waals surface area contributed by atoms with E-state index in [1.807, 2.05) is 24.1 Å². The number of nitrogens with zero attached hydrogens (tertiary/aromatic N) is 1. The lowest BCUT2D eigenvalue weighted by Crippen LogP contribution is -2.51. The largest absolute Gasteiger partial charge is 0.465 e. The van der Waals surface area contributed by atoms with Crippen LogP contribution in [0.25, 0.3) is 0 Å². The SMILES string of the molecule is Cc1cc(Cl)cc(C2CC(N(C)C(=O)C3CC4(COC(=O)C4)C3)C2)c1. The van der Waals surface area contributed by atoms with Crippen LogP contribution in [0, 0.1) is 18.3 Å². The van der Waals surface area contributed by atoms with Gasteiger partial charge in [0, 0.05) is 29.4 Å². The van der Waals surface area contributed by atoms with Crippen molar-refractivity contribution in [1.29, 1.82) is 0 Å². The fraction of sp³-hybridized carbons (Fsp3) is 0.600. The number of hydrogen-bond acceptors (Lipinski definition) is 3. The predicted octanol–water partition coefficient (Wildman–Crippen LogP) is 3.70. The Bertz CT molecular complexity index is 699. The maximum atomic E-state index is 12.7. The maximum absolute atomic E-state index is 12.7. The molecule has 25 heavy (non-hydrogen) atoms. The molecule has 1 aromatic carbocycles. The Hall–Kier alpha value is -1.55. The van der Waals surface area contributed by atoms with Crippen molar-refractivity contribution in [2.75, 3.05) is 13.7 Å². The summed E-state index contributed by atoms with van der Waals surface area (Å²) in [6.07, 6.45) is 4.08. The van der Waals surface area contributed by atoms with Gasteiger partial charge in [0.1, 0.15) is 0 Å². The number of esters is 1. The zero-order valence-electron chi connectivity index (χ0n) is 14.8. The minimum Gasteiger partial charge on any atom is -0.465 e.